The maximum absolute atomic E-state index is 15.2. The Morgan fingerprint density at radius 1 is 1.18 bits per heavy atom. The van der Waals surface area contributed by atoms with Crippen LogP contribution in [-0.2, 0) is 4.74 Å². The van der Waals surface area contributed by atoms with Crippen molar-refractivity contribution in [3.63, 3.8) is 0 Å². The minimum atomic E-state index is -0.868. The molecule has 2 aromatic rings. The van der Waals surface area contributed by atoms with Gasteiger partial charge in [0, 0.05) is 32.7 Å². The summed E-state index contributed by atoms with van der Waals surface area (Å²) in [5, 5.41) is 0.0322. The Morgan fingerprint density at radius 3 is 2.85 bits per heavy atom. The minimum absolute atomic E-state index is 0.00335. The van der Waals surface area contributed by atoms with Crippen LogP contribution in [0.3, 0.4) is 0 Å². The van der Waals surface area contributed by atoms with Gasteiger partial charge in [-0.2, -0.15) is 15.0 Å². The predicted molar refractivity (Wildman–Crippen MR) is 124 cm³/mol. The number of halogens is 3. The van der Waals surface area contributed by atoms with Crippen LogP contribution in [0.1, 0.15) is 39.5 Å². The molecule has 0 aromatic carbocycles. The number of pyridine rings is 1. The van der Waals surface area contributed by atoms with E-state index in [0.717, 1.165) is 25.8 Å². The molecule has 0 bridgehead atoms. The maximum Gasteiger partial charge on any atom is 0.319 e. The van der Waals surface area contributed by atoms with Crippen LogP contribution in [0.4, 0.5) is 14.6 Å². The smallest absolute Gasteiger partial charge is 0.319 e. The van der Waals surface area contributed by atoms with Crippen molar-refractivity contribution < 1.29 is 23.0 Å². The highest BCUT2D eigenvalue weighted by Crippen LogP contribution is 2.41. The van der Waals surface area contributed by atoms with Crippen molar-refractivity contribution in [1.82, 2.24) is 19.9 Å². The van der Waals surface area contributed by atoms with Crippen LogP contribution in [0.2, 0.25) is 5.15 Å². The van der Waals surface area contributed by atoms with Gasteiger partial charge in [0.15, 0.2) is 11.0 Å². The molecule has 3 saturated heterocycles. The van der Waals surface area contributed by atoms with Crippen LogP contribution >= 0.6 is 11.6 Å². The molecule has 0 spiro atoms. The molecule has 2 atom stereocenters. The van der Waals surface area contributed by atoms with Gasteiger partial charge in [0.25, 0.3) is 0 Å². The number of hydrogen-bond donors (Lipinski definition) is 0. The highest BCUT2D eigenvalue weighted by Gasteiger charge is 2.49. The van der Waals surface area contributed by atoms with Crippen LogP contribution in [0.25, 0.3) is 10.9 Å². The van der Waals surface area contributed by atoms with Crippen molar-refractivity contribution in [2.45, 2.75) is 57.3 Å². The van der Waals surface area contributed by atoms with Gasteiger partial charge in [-0.3, -0.25) is 4.90 Å². The maximum atomic E-state index is 15.2. The van der Waals surface area contributed by atoms with Gasteiger partial charge in [-0.15, -0.1) is 0 Å². The average Bonchev–Trinajstić information content (AvgIpc) is 3.17. The Morgan fingerprint density at radius 2 is 2.03 bits per heavy atom. The second-order valence-electron chi connectivity index (χ2n) is 9.56. The molecule has 3 fully saturated rings. The van der Waals surface area contributed by atoms with Gasteiger partial charge >= 0.3 is 6.01 Å². The fraction of sp³-hybridized carbons (Fsp3) is 0.696. The van der Waals surface area contributed by atoms with Gasteiger partial charge < -0.3 is 19.1 Å². The fourth-order valence-corrected chi connectivity index (χ4v) is 5.45. The van der Waals surface area contributed by atoms with Crippen molar-refractivity contribution >= 4 is 28.3 Å². The number of aromatic nitrogens is 3. The van der Waals surface area contributed by atoms with E-state index in [2.05, 4.69) is 14.9 Å². The van der Waals surface area contributed by atoms with Gasteiger partial charge in [0.1, 0.15) is 29.5 Å². The number of nitrogens with zero attached hydrogens (tertiary/aromatic N) is 5. The highest BCUT2D eigenvalue weighted by molar-refractivity contribution is 6.30. The third kappa shape index (κ3) is 4.47. The summed E-state index contributed by atoms with van der Waals surface area (Å²) in [5.41, 5.74) is -0.370. The van der Waals surface area contributed by atoms with Crippen molar-refractivity contribution in [3.8, 4) is 11.9 Å². The molecule has 3 aliphatic rings. The van der Waals surface area contributed by atoms with Crippen molar-refractivity contribution in [2.24, 2.45) is 0 Å². The average molecular weight is 498 g/mol. The Kier molecular flexibility index (Phi) is 6.65. The molecule has 186 valence electrons. The van der Waals surface area contributed by atoms with E-state index in [4.69, 9.17) is 30.8 Å². The number of hydrogen-bond acceptors (Lipinski definition) is 8. The second-order valence-corrected chi connectivity index (χ2v) is 9.92. The zero-order chi connectivity index (χ0) is 23.9. The molecule has 0 radical (unpaired) electrons. The molecule has 8 nitrogen and oxygen atoms in total. The van der Waals surface area contributed by atoms with E-state index < -0.39 is 12.0 Å². The van der Waals surface area contributed by atoms with E-state index in [0.29, 0.717) is 50.5 Å². The lowest BCUT2D eigenvalue weighted by Crippen LogP contribution is -2.43. The summed E-state index contributed by atoms with van der Waals surface area (Å²) in [7, 11) is 0. The number of fused-ring (bicyclic) bond motifs is 2. The molecular formula is C23H30ClF2N5O3. The predicted octanol–water partition coefficient (Wildman–Crippen LogP) is 3.79. The normalized spacial score (nSPS) is 25.7. The SMILES string of the molecule is CC(C)Oc1nc(Cl)c(F)c2nc(OC[C@@]34CCCN3C[C@H](F)C4)nc(N3CCCOCC3)c12. The molecule has 3 aliphatic heterocycles. The fourth-order valence-electron chi connectivity index (χ4n) is 5.28. The standard InChI is InChI=1S/C23H30ClF2N5O3/c1-14(2)34-21-16-18(17(26)19(24)28-21)27-22(29-20(16)30-6-4-9-32-10-8-30)33-13-23-5-3-7-31(23)12-15(25)11-23/h14-15H,3-13H2,1-2H3/t15-,23+/m1/s1. The molecule has 0 aliphatic carbocycles. The van der Waals surface area contributed by atoms with Crippen LogP contribution in [-0.4, -0.2) is 83.7 Å². The molecule has 0 unspecified atom stereocenters. The van der Waals surface area contributed by atoms with Gasteiger partial charge in [0.2, 0.25) is 5.88 Å². The summed E-state index contributed by atoms with van der Waals surface area (Å²) < 4.78 is 47.0. The minimum Gasteiger partial charge on any atom is -0.474 e. The third-order valence-corrected chi connectivity index (χ3v) is 7.02. The van der Waals surface area contributed by atoms with Crippen LogP contribution in [0.5, 0.6) is 11.9 Å². The number of alkyl halides is 1. The zero-order valence-electron chi connectivity index (χ0n) is 19.5. The molecule has 5 rings (SSSR count). The van der Waals surface area contributed by atoms with Crippen molar-refractivity contribution in [3.05, 3.63) is 11.0 Å². The Bertz CT molecular complexity index is 1050. The first kappa shape index (κ1) is 23.7. The first-order valence-corrected chi connectivity index (χ1v) is 12.3. The summed E-state index contributed by atoms with van der Waals surface area (Å²) in [6, 6.07) is 0.0351. The number of rotatable bonds is 6. The van der Waals surface area contributed by atoms with Crippen LogP contribution in [0, 0.1) is 5.82 Å². The monoisotopic (exact) mass is 497 g/mol. The lowest BCUT2D eigenvalue weighted by molar-refractivity contribution is 0.107. The summed E-state index contributed by atoms with van der Waals surface area (Å²) in [6.45, 7) is 7.62. The first-order valence-electron chi connectivity index (χ1n) is 11.9. The summed E-state index contributed by atoms with van der Waals surface area (Å²) >= 11 is 6.11. The molecule has 0 N–H and O–H groups in total. The lowest BCUT2D eigenvalue weighted by Gasteiger charge is -2.31. The topological polar surface area (TPSA) is 72.8 Å². The molecule has 11 heteroatoms. The van der Waals surface area contributed by atoms with Gasteiger partial charge in [-0.25, -0.2) is 8.78 Å². The quantitative estimate of drug-likeness (QED) is 0.558. The van der Waals surface area contributed by atoms with Gasteiger partial charge in [0.05, 0.1) is 18.2 Å². The summed E-state index contributed by atoms with van der Waals surface area (Å²) in [5.74, 6) is -0.0998. The van der Waals surface area contributed by atoms with Crippen molar-refractivity contribution in [1.29, 1.82) is 0 Å². The van der Waals surface area contributed by atoms with E-state index in [-0.39, 0.29) is 40.8 Å². The van der Waals surface area contributed by atoms with Gasteiger partial charge in [-0.05, 0) is 39.7 Å². The summed E-state index contributed by atoms with van der Waals surface area (Å²) in [4.78, 5) is 17.4. The van der Waals surface area contributed by atoms with E-state index in [1.165, 1.54) is 0 Å². The number of anilines is 1. The summed E-state index contributed by atoms with van der Waals surface area (Å²) in [6.07, 6.45) is 1.99. The Balaban J connectivity index is 1.57. The van der Waals surface area contributed by atoms with Crippen LogP contribution < -0.4 is 14.4 Å². The Hall–Kier alpha value is -2.04. The molecular weight excluding hydrogens is 468 g/mol. The largest absolute Gasteiger partial charge is 0.474 e. The van der Waals surface area contributed by atoms with E-state index >= 15 is 4.39 Å². The van der Waals surface area contributed by atoms with Crippen LogP contribution in [0.15, 0.2) is 0 Å². The molecule has 34 heavy (non-hydrogen) atoms. The number of ether oxygens (including phenoxy) is 3. The Labute approximate surface area is 202 Å². The third-order valence-electron chi connectivity index (χ3n) is 6.77. The van der Waals surface area contributed by atoms with E-state index in [1.54, 1.807) is 0 Å². The van der Waals surface area contributed by atoms with E-state index in [9.17, 15) is 4.39 Å². The first-order chi connectivity index (χ1) is 16.4. The second kappa shape index (κ2) is 9.54. The molecule has 5 heterocycles. The lowest BCUT2D eigenvalue weighted by atomic mass is 9.95. The molecule has 0 saturated carbocycles. The highest BCUT2D eigenvalue weighted by atomic mass is 35.5. The van der Waals surface area contributed by atoms with Gasteiger partial charge in [-0.1, -0.05) is 11.6 Å². The zero-order valence-corrected chi connectivity index (χ0v) is 20.3. The van der Waals surface area contributed by atoms with E-state index in [1.807, 2.05) is 18.7 Å². The molecule has 0 amide bonds. The molecule has 2 aromatic heterocycles. The van der Waals surface area contributed by atoms with Crippen molar-refractivity contribution in [2.75, 3.05) is 50.9 Å².